The Morgan fingerprint density at radius 2 is 1.19 bits per heavy atom. The van der Waals surface area contributed by atoms with Crippen molar-refractivity contribution in [3.63, 3.8) is 0 Å². The Labute approximate surface area is 164 Å². The molecule has 0 saturated carbocycles. The second-order valence-corrected chi connectivity index (χ2v) is 8.65. The molecule has 0 heterocycles. The summed E-state index contributed by atoms with van der Waals surface area (Å²) in [6.45, 7) is 15.6. The first-order chi connectivity index (χ1) is 12.7. The first-order valence-corrected chi connectivity index (χ1v) is 9.72. The van der Waals surface area contributed by atoms with E-state index >= 15 is 0 Å². The minimum Gasteiger partial charge on any atom is -0.310 e. The van der Waals surface area contributed by atoms with Crippen molar-refractivity contribution in [3.05, 3.63) is 88.5 Å². The lowest BCUT2D eigenvalue weighted by atomic mass is 9.84. The number of nitrogens with zero attached hydrogens (tertiary/aromatic N) is 1. The highest BCUT2D eigenvalue weighted by Crippen LogP contribution is 2.40. The number of benzene rings is 3. The standard InChI is InChI=1S/C26H31N/c1-18-13-14-24(17-19(18)2)27(23-11-9-8-10-12-23)25-20(3)15-22(16-21(25)4)26(5,6)7/h8-17H,1-7H3. The van der Waals surface area contributed by atoms with Crippen molar-refractivity contribution < 1.29 is 0 Å². The van der Waals surface area contributed by atoms with Gasteiger partial charge in [0, 0.05) is 11.4 Å². The van der Waals surface area contributed by atoms with Gasteiger partial charge in [-0.25, -0.2) is 0 Å². The third-order valence-corrected chi connectivity index (χ3v) is 5.34. The van der Waals surface area contributed by atoms with Gasteiger partial charge in [0.2, 0.25) is 0 Å². The first-order valence-electron chi connectivity index (χ1n) is 9.72. The Kier molecular flexibility index (Phi) is 5.15. The quantitative estimate of drug-likeness (QED) is 0.464. The molecule has 1 nitrogen and oxygen atoms in total. The normalized spacial score (nSPS) is 11.5. The van der Waals surface area contributed by atoms with Crippen molar-refractivity contribution in [1.29, 1.82) is 0 Å². The number of aryl methyl sites for hydroxylation is 4. The number of hydrogen-bond donors (Lipinski definition) is 0. The van der Waals surface area contributed by atoms with Crippen LogP contribution in [0.4, 0.5) is 17.1 Å². The summed E-state index contributed by atoms with van der Waals surface area (Å²) in [6, 6.07) is 22.1. The summed E-state index contributed by atoms with van der Waals surface area (Å²) < 4.78 is 0. The van der Waals surface area contributed by atoms with Crippen LogP contribution in [0, 0.1) is 27.7 Å². The predicted octanol–water partition coefficient (Wildman–Crippen LogP) is 7.69. The van der Waals surface area contributed by atoms with Gasteiger partial charge in [-0.05, 0) is 85.2 Å². The molecular formula is C26H31N. The van der Waals surface area contributed by atoms with Crippen molar-refractivity contribution in [2.24, 2.45) is 0 Å². The van der Waals surface area contributed by atoms with E-state index in [1.54, 1.807) is 0 Å². The van der Waals surface area contributed by atoms with Gasteiger partial charge in [0.25, 0.3) is 0 Å². The Hall–Kier alpha value is -2.54. The van der Waals surface area contributed by atoms with Gasteiger partial charge in [0.05, 0.1) is 5.69 Å². The summed E-state index contributed by atoms with van der Waals surface area (Å²) in [5.74, 6) is 0. The monoisotopic (exact) mass is 357 g/mol. The molecule has 0 radical (unpaired) electrons. The minimum atomic E-state index is 0.145. The molecule has 0 saturated heterocycles. The SMILES string of the molecule is Cc1ccc(N(c2ccccc2)c2c(C)cc(C(C)(C)C)cc2C)cc1C. The fourth-order valence-corrected chi connectivity index (χ4v) is 3.59. The smallest absolute Gasteiger partial charge is 0.0520 e. The Morgan fingerprint density at radius 1 is 0.593 bits per heavy atom. The summed E-state index contributed by atoms with van der Waals surface area (Å²) in [5, 5.41) is 0. The van der Waals surface area contributed by atoms with Crippen LogP contribution >= 0.6 is 0 Å². The van der Waals surface area contributed by atoms with Gasteiger partial charge >= 0.3 is 0 Å². The third kappa shape index (κ3) is 3.93. The number of para-hydroxylation sites is 1. The molecule has 0 spiro atoms. The summed E-state index contributed by atoms with van der Waals surface area (Å²) in [5.41, 5.74) is 10.5. The fourth-order valence-electron chi connectivity index (χ4n) is 3.59. The van der Waals surface area contributed by atoms with Crippen LogP contribution in [0.15, 0.2) is 60.7 Å². The topological polar surface area (TPSA) is 3.24 Å². The molecule has 0 amide bonds. The van der Waals surface area contributed by atoms with Gasteiger partial charge in [-0.1, -0.05) is 57.2 Å². The molecule has 1 heteroatoms. The van der Waals surface area contributed by atoms with Crippen molar-refractivity contribution >= 4 is 17.1 Å². The van der Waals surface area contributed by atoms with Gasteiger partial charge in [0.15, 0.2) is 0 Å². The molecule has 0 atom stereocenters. The van der Waals surface area contributed by atoms with E-state index in [2.05, 4.69) is 114 Å². The van der Waals surface area contributed by atoms with Crippen LogP contribution in [0.5, 0.6) is 0 Å². The average Bonchev–Trinajstić information content (AvgIpc) is 2.60. The van der Waals surface area contributed by atoms with Crippen LogP contribution in [0.1, 0.15) is 48.6 Å². The van der Waals surface area contributed by atoms with E-state index in [-0.39, 0.29) is 5.41 Å². The molecule has 0 aliphatic carbocycles. The van der Waals surface area contributed by atoms with Crippen molar-refractivity contribution in [2.45, 2.75) is 53.9 Å². The zero-order chi connectivity index (χ0) is 19.8. The maximum absolute atomic E-state index is 2.39. The predicted molar refractivity (Wildman–Crippen MR) is 119 cm³/mol. The van der Waals surface area contributed by atoms with E-state index in [4.69, 9.17) is 0 Å². The van der Waals surface area contributed by atoms with E-state index < -0.39 is 0 Å². The van der Waals surface area contributed by atoms with E-state index in [1.807, 2.05) is 0 Å². The number of rotatable bonds is 3. The van der Waals surface area contributed by atoms with Crippen LogP contribution in [0.3, 0.4) is 0 Å². The Balaban J connectivity index is 2.24. The van der Waals surface area contributed by atoms with E-state index in [9.17, 15) is 0 Å². The highest BCUT2D eigenvalue weighted by atomic mass is 15.1. The molecule has 3 aromatic rings. The molecule has 140 valence electrons. The lowest BCUT2D eigenvalue weighted by Gasteiger charge is -2.31. The maximum Gasteiger partial charge on any atom is 0.0520 e. The number of anilines is 3. The Morgan fingerprint density at radius 3 is 1.70 bits per heavy atom. The van der Waals surface area contributed by atoms with Crippen molar-refractivity contribution in [3.8, 4) is 0 Å². The van der Waals surface area contributed by atoms with Crippen LogP contribution in [0.2, 0.25) is 0 Å². The van der Waals surface area contributed by atoms with E-state index in [1.165, 1.54) is 44.9 Å². The third-order valence-electron chi connectivity index (χ3n) is 5.34. The molecule has 0 fully saturated rings. The molecule has 3 aromatic carbocycles. The summed E-state index contributed by atoms with van der Waals surface area (Å²) in [7, 11) is 0. The summed E-state index contributed by atoms with van der Waals surface area (Å²) in [4.78, 5) is 2.39. The van der Waals surface area contributed by atoms with Gasteiger partial charge in [-0.2, -0.15) is 0 Å². The molecule has 0 aliphatic rings. The minimum absolute atomic E-state index is 0.145. The fraction of sp³-hybridized carbons (Fsp3) is 0.308. The van der Waals surface area contributed by atoms with Crippen molar-refractivity contribution in [2.75, 3.05) is 4.90 Å². The van der Waals surface area contributed by atoms with Crippen LogP contribution in [-0.2, 0) is 5.41 Å². The zero-order valence-electron chi connectivity index (χ0n) is 17.7. The van der Waals surface area contributed by atoms with Gasteiger partial charge < -0.3 is 4.90 Å². The van der Waals surface area contributed by atoms with E-state index in [0.29, 0.717) is 0 Å². The van der Waals surface area contributed by atoms with E-state index in [0.717, 1.165) is 0 Å². The summed E-state index contributed by atoms with van der Waals surface area (Å²) >= 11 is 0. The molecule has 27 heavy (non-hydrogen) atoms. The molecule has 0 aromatic heterocycles. The van der Waals surface area contributed by atoms with Gasteiger partial charge in [-0.15, -0.1) is 0 Å². The van der Waals surface area contributed by atoms with Crippen molar-refractivity contribution in [1.82, 2.24) is 0 Å². The largest absolute Gasteiger partial charge is 0.310 e. The number of hydrogen-bond acceptors (Lipinski definition) is 1. The second kappa shape index (κ2) is 7.23. The van der Waals surface area contributed by atoms with Crippen LogP contribution < -0.4 is 4.90 Å². The first kappa shape index (κ1) is 19.2. The van der Waals surface area contributed by atoms with Crippen LogP contribution in [0.25, 0.3) is 0 Å². The van der Waals surface area contributed by atoms with Gasteiger partial charge in [0.1, 0.15) is 0 Å². The lowest BCUT2D eigenvalue weighted by Crippen LogP contribution is -2.16. The Bertz CT molecular complexity index is 923. The van der Waals surface area contributed by atoms with Crippen LogP contribution in [-0.4, -0.2) is 0 Å². The highest BCUT2D eigenvalue weighted by molar-refractivity contribution is 5.81. The molecule has 0 aliphatic heterocycles. The van der Waals surface area contributed by atoms with Gasteiger partial charge in [-0.3, -0.25) is 0 Å². The molecule has 0 bridgehead atoms. The molecular weight excluding hydrogens is 326 g/mol. The summed E-state index contributed by atoms with van der Waals surface area (Å²) in [6.07, 6.45) is 0. The zero-order valence-corrected chi connectivity index (χ0v) is 17.7. The lowest BCUT2D eigenvalue weighted by molar-refractivity contribution is 0.589. The molecule has 0 unspecified atom stereocenters. The molecule has 0 N–H and O–H groups in total. The maximum atomic E-state index is 2.39. The average molecular weight is 358 g/mol. The molecule has 3 rings (SSSR count). The second-order valence-electron chi connectivity index (χ2n) is 8.65. The highest BCUT2D eigenvalue weighted by Gasteiger charge is 2.21.